The Morgan fingerprint density at radius 3 is 1.86 bits per heavy atom. The molecule has 37 heavy (non-hydrogen) atoms. The van der Waals surface area contributed by atoms with Gasteiger partial charge in [0, 0.05) is 18.7 Å². The summed E-state index contributed by atoms with van der Waals surface area (Å²) in [4.78, 5) is 12.2. The smallest absolute Gasteiger partial charge is 0.223 e. The highest BCUT2D eigenvalue weighted by molar-refractivity contribution is 7.90. The molecule has 1 amide bonds. The van der Waals surface area contributed by atoms with Crippen LogP contribution in [-0.4, -0.2) is 20.6 Å². The molecular formula is C31H42FNO3S. The molecule has 0 saturated carbocycles. The summed E-state index contributed by atoms with van der Waals surface area (Å²) < 4.78 is 33.9. The second-order valence-electron chi connectivity index (χ2n) is 8.79. The second-order valence-corrected chi connectivity index (χ2v) is 10.8. The predicted molar refractivity (Wildman–Crippen MR) is 152 cm³/mol. The molecule has 1 N–H and O–H groups in total. The Hall–Kier alpha value is -2.99. The summed E-state index contributed by atoms with van der Waals surface area (Å²) in [7, 11) is -3.19. The third-order valence-corrected chi connectivity index (χ3v) is 6.84. The molecule has 0 radical (unpaired) electrons. The zero-order valence-electron chi connectivity index (χ0n) is 22.8. The van der Waals surface area contributed by atoms with E-state index < -0.39 is 15.7 Å². The van der Waals surface area contributed by atoms with E-state index in [1.807, 2.05) is 20.8 Å². The van der Waals surface area contributed by atoms with Crippen LogP contribution in [0.25, 0.3) is 0 Å². The highest BCUT2D eigenvalue weighted by Crippen LogP contribution is 2.11. The Morgan fingerprint density at radius 2 is 1.35 bits per heavy atom. The van der Waals surface area contributed by atoms with Gasteiger partial charge in [-0.05, 0) is 60.2 Å². The molecule has 6 heteroatoms. The fraction of sp³-hybridized carbons (Fsp3) is 0.387. The summed E-state index contributed by atoms with van der Waals surface area (Å²) in [5.41, 5.74) is 3.87. The summed E-state index contributed by atoms with van der Waals surface area (Å²) >= 11 is 0. The highest BCUT2D eigenvalue weighted by Gasteiger charge is 2.11. The van der Waals surface area contributed by atoms with E-state index in [2.05, 4.69) is 66.8 Å². The van der Waals surface area contributed by atoms with Crippen LogP contribution in [0.2, 0.25) is 0 Å². The minimum atomic E-state index is -3.19. The van der Waals surface area contributed by atoms with Gasteiger partial charge in [-0.1, -0.05) is 95.1 Å². The average molecular weight is 528 g/mol. The normalized spacial score (nSPS) is 11.3. The number of hydrogen-bond acceptors (Lipinski definition) is 3. The van der Waals surface area contributed by atoms with Gasteiger partial charge >= 0.3 is 0 Å². The van der Waals surface area contributed by atoms with Crippen molar-refractivity contribution in [2.75, 3.05) is 6.26 Å². The van der Waals surface area contributed by atoms with Gasteiger partial charge in [-0.3, -0.25) is 4.79 Å². The number of nitrogens with one attached hydrogen (secondary N) is 1. The van der Waals surface area contributed by atoms with Crippen LogP contribution in [0.15, 0.2) is 83.8 Å². The van der Waals surface area contributed by atoms with E-state index in [-0.39, 0.29) is 16.7 Å². The average Bonchev–Trinajstić information content (AvgIpc) is 2.91. The summed E-state index contributed by atoms with van der Waals surface area (Å²) in [6.07, 6.45) is 6.42. The number of sulfone groups is 1. The molecule has 202 valence electrons. The molecule has 0 aliphatic heterocycles. The number of halogens is 1. The second kappa shape index (κ2) is 17.5. The number of amides is 1. The van der Waals surface area contributed by atoms with Gasteiger partial charge in [-0.25, -0.2) is 12.8 Å². The van der Waals surface area contributed by atoms with Crippen LogP contribution >= 0.6 is 0 Å². The number of unbranched alkanes of at least 4 members (excludes halogenated alkanes) is 1. The summed E-state index contributed by atoms with van der Waals surface area (Å²) in [5, 5.41) is 3.05. The molecular weight excluding hydrogens is 485 g/mol. The molecule has 0 fully saturated rings. The van der Waals surface area contributed by atoms with E-state index in [1.54, 1.807) is 0 Å². The molecule has 0 aliphatic carbocycles. The number of benzene rings is 3. The van der Waals surface area contributed by atoms with E-state index in [0.717, 1.165) is 56.1 Å². The molecule has 1 unspecified atom stereocenters. The van der Waals surface area contributed by atoms with Crippen LogP contribution in [0.1, 0.15) is 63.6 Å². The minimum absolute atomic E-state index is 0.107. The summed E-state index contributed by atoms with van der Waals surface area (Å²) in [6.45, 7) is 8.79. The number of hydrogen-bond donors (Lipinski definition) is 1. The fourth-order valence-corrected chi connectivity index (χ4v) is 4.07. The number of carbonyl (C=O) groups excluding carboxylic acids is 1. The molecule has 4 nitrogen and oxygen atoms in total. The third-order valence-electron chi connectivity index (χ3n) is 5.71. The quantitative estimate of drug-likeness (QED) is 0.284. The first kappa shape index (κ1) is 32.0. The largest absolute Gasteiger partial charge is 0.352 e. The van der Waals surface area contributed by atoms with Crippen molar-refractivity contribution in [3.05, 3.63) is 101 Å². The number of rotatable bonds is 10. The molecule has 0 heterocycles. The van der Waals surface area contributed by atoms with Crippen LogP contribution in [0, 0.1) is 11.7 Å². The maximum absolute atomic E-state index is 12.3. The van der Waals surface area contributed by atoms with Crippen LogP contribution in [0.3, 0.4) is 0 Å². The van der Waals surface area contributed by atoms with Crippen molar-refractivity contribution < 1.29 is 17.6 Å². The molecule has 3 aromatic carbocycles. The van der Waals surface area contributed by atoms with Gasteiger partial charge < -0.3 is 5.32 Å². The first-order valence-corrected chi connectivity index (χ1v) is 14.9. The van der Waals surface area contributed by atoms with E-state index in [9.17, 15) is 17.6 Å². The molecule has 0 aliphatic rings. The lowest BCUT2D eigenvalue weighted by Gasteiger charge is -2.12. The van der Waals surface area contributed by atoms with E-state index in [0.29, 0.717) is 6.54 Å². The number of aryl methyl sites for hydroxylation is 2. The fourth-order valence-electron chi connectivity index (χ4n) is 3.44. The Balaban J connectivity index is 0.000000439. The highest BCUT2D eigenvalue weighted by atomic mass is 32.2. The van der Waals surface area contributed by atoms with Crippen molar-refractivity contribution in [2.45, 2.75) is 71.2 Å². The monoisotopic (exact) mass is 527 g/mol. The molecule has 1 atom stereocenters. The van der Waals surface area contributed by atoms with Crippen molar-refractivity contribution in [1.29, 1.82) is 0 Å². The van der Waals surface area contributed by atoms with Gasteiger partial charge in [0.2, 0.25) is 5.91 Å². The third kappa shape index (κ3) is 13.2. The van der Waals surface area contributed by atoms with Crippen molar-refractivity contribution in [3.8, 4) is 0 Å². The molecule has 3 rings (SSSR count). The van der Waals surface area contributed by atoms with Gasteiger partial charge in [0.1, 0.15) is 5.82 Å². The number of carbonyl (C=O) groups is 1. The van der Waals surface area contributed by atoms with Gasteiger partial charge in [0.25, 0.3) is 0 Å². The predicted octanol–water partition coefficient (Wildman–Crippen LogP) is 7.17. The molecule has 3 aromatic rings. The topological polar surface area (TPSA) is 63.2 Å². The van der Waals surface area contributed by atoms with E-state index >= 15 is 0 Å². The van der Waals surface area contributed by atoms with Crippen LogP contribution in [0.4, 0.5) is 4.39 Å². The molecule has 0 spiro atoms. The maximum atomic E-state index is 12.3. The van der Waals surface area contributed by atoms with E-state index in [4.69, 9.17) is 0 Å². The Kier molecular flexibility index (Phi) is 15.1. The summed E-state index contributed by atoms with van der Waals surface area (Å²) in [5.74, 6) is -0.163. The first-order valence-electron chi connectivity index (χ1n) is 13.0. The lowest BCUT2D eigenvalue weighted by atomic mass is 10.0. The van der Waals surface area contributed by atoms with Crippen molar-refractivity contribution in [2.24, 2.45) is 5.92 Å². The zero-order chi connectivity index (χ0) is 27.7. The van der Waals surface area contributed by atoms with E-state index in [1.165, 1.54) is 23.3 Å². The Bertz CT molecular complexity index is 1130. The van der Waals surface area contributed by atoms with Gasteiger partial charge in [0.05, 0.1) is 4.90 Å². The van der Waals surface area contributed by atoms with Gasteiger partial charge in [-0.15, -0.1) is 0 Å². The lowest BCUT2D eigenvalue weighted by molar-refractivity contribution is -0.124. The maximum Gasteiger partial charge on any atom is 0.223 e. The lowest BCUT2D eigenvalue weighted by Crippen LogP contribution is -2.28. The Morgan fingerprint density at radius 1 is 0.838 bits per heavy atom. The Labute approximate surface area is 223 Å². The molecule has 0 saturated heterocycles. The van der Waals surface area contributed by atoms with Gasteiger partial charge in [-0.2, -0.15) is 0 Å². The standard InChI is InChI=1S/C22H29NO.C7H7FO2S.C2H6/c1-3-4-8-18(2)22(24)23-17-21-15-13-20(14-16-21)12-11-19-9-6-5-7-10-19;1-11(9,10)7-4-2-6(8)3-5-7;1-2/h5-7,9-10,13-16,18H,3-4,8,11-12,17H2,1-2H3,(H,23,24);2-5H,1H3;1-2H3. The van der Waals surface area contributed by atoms with Crippen molar-refractivity contribution >= 4 is 15.7 Å². The van der Waals surface area contributed by atoms with Crippen molar-refractivity contribution in [3.63, 3.8) is 0 Å². The van der Waals surface area contributed by atoms with Gasteiger partial charge in [0.15, 0.2) is 9.84 Å². The summed E-state index contributed by atoms with van der Waals surface area (Å²) in [6, 6.07) is 23.9. The molecule has 0 aromatic heterocycles. The minimum Gasteiger partial charge on any atom is -0.352 e. The van der Waals surface area contributed by atoms with Crippen LogP contribution in [-0.2, 0) is 34.0 Å². The first-order chi connectivity index (χ1) is 17.7. The van der Waals surface area contributed by atoms with Crippen molar-refractivity contribution in [1.82, 2.24) is 5.32 Å². The zero-order valence-corrected chi connectivity index (χ0v) is 23.7. The SMILES string of the molecule is CC.CCCCC(C)C(=O)NCc1ccc(CCc2ccccc2)cc1.CS(=O)(=O)c1ccc(F)cc1. The molecule has 0 bridgehead atoms. The van der Waals surface area contributed by atoms with Crippen LogP contribution in [0.5, 0.6) is 0 Å². The van der Waals surface area contributed by atoms with Crippen LogP contribution < -0.4 is 5.32 Å².